The van der Waals surface area contributed by atoms with E-state index in [4.69, 9.17) is 5.73 Å². The maximum absolute atomic E-state index is 11.8. The Kier molecular flexibility index (Phi) is 3.20. The van der Waals surface area contributed by atoms with E-state index in [0.29, 0.717) is 6.54 Å². The summed E-state index contributed by atoms with van der Waals surface area (Å²) in [5.74, 6) is 0.0481. The van der Waals surface area contributed by atoms with E-state index in [-0.39, 0.29) is 11.3 Å². The Hall–Kier alpha value is -1.35. The van der Waals surface area contributed by atoms with Crippen molar-refractivity contribution in [1.82, 2.24) is 4.90 Å². The summed E-state index contributed by atoms with van der Waals surface area (Å²) in [4.78, 5) is 13.4. The first-order valence-corrected chi connectivity index (χ1v) is 6.11. The van der Waals surface area contributed by atoms with Gasteiger partial charge in [0.2, 0.25) is 0 Å². The summed E-state index contributed by atoms with van der Waals surface area (Å²) in [5.41, 5.74) is 8.07. The topological polar surface area (TPSA) is 46.3 Å². The summed E-state index contributed by atoms with van der Waals surface area (Å²) < 4.78 is 0. The second-order valence-corrected chi connectivity index (χ2v) is 5.11. The third-order valence-electron chi connectivity index (χ3n) is 3.85. The van der Waals surface area contributed by atoms with Crippen LogP contribution in [0.15, 0.2) is 24.3 Å². The molecule has 2 N–H and O–H groups in total. The molecule has 1 amide bonds. The molecule has 0 aliphatic heterocycles. The van der Waals surface area contributed by atoms with Crippen molar-refractivity contribution in [2.75, 3.05) is 20.6 Å². The van der Waals surface area contributed by atoms with Crippen molar-refractivity contribution in [1.29, 1.82) is 0 Å². The van der Waals surface area contributed by atoms with Crippen LogP contribution in [0, 0.1) is 0 Å². The zero-order chi connectivity index (χ0) is 12.5. The molecule has 1 aliphatic carbocycles. The van der Waals surface area contributed by atoms with E-state index in [9.17, 15) is 4.79 Å². The molecule has 3 nitrogen and oxygen atoms in total. The van der Waals surface area contributed by atoms with Gasteiger partial charge in [0.1, 0.15) is 0 Å². The summed E-state index contributed by atoms with van der Waals surface area (Å²) >= 11 is 0. The Morgan fingerprint density at radius 3 is 2.24 bits per heavy atom. The third-order valence-corrected chi connectivity index (χ3v) is 3.85. The predicted molar refractivity (Wildman–Crippen MR) is 69.0 cm³/mol. The molecule has 0 radical (unpaired) electrons. The molecule has 92 valence electrons. The predicted octanol–water partition coefficient (Wildman–Crippen LogP) is 1.77. The molecule has 3 heteroatoms. The summed E-state index contributed by atoms with van der Waals surface area (Å²) in [5, 5.41) is 0. The molecule has 0 saturated heterocycles. The van der Waals surface area contributed by atoms with Gasteiger partial charge in [-0.3, -0.25) is 4.79 Å². The molecule has 17 heavy (non-hydrogen) atoms. The maximum Gasteiger partial charge on any atom is 0.253 e. The second-order valence-electron chi connectivity index (χ2n) is 5.11. The van der Waals surface area contributed by atoms with E-state index in [1.165, 1.54) is 24.8 Å². The normalized spacial score (nSPS) is 17.4. The average Bonchev–Trinajstić information content (AvgIpc) is 2.28. The number of benzene rings is 1. The number of hydrogen-bond donors (Lipinski definition) is 1. The molecule has 0 bridgehead atoms. The summed E-state index contributed by atoms with van der Waals surface area (Å²) in [6.07, 6.45) is 3.60. The number of carbonyl (C=O) groups excluding carboxylic acids is 1. The Labute approximate surface area is 103 Å². The summed E-state index contributed by atoms with van der Waals surface area (Å²) in [6, 6.07) is 7.94. The van der Waals surface area contributed by atoms with Gasteiger partial charge in [-0.15, -0.1) is 0 Å². The number of amides is 1. The fourth-order valence-electron chi connectivity index (χ4n) is 2.44. The molecule has 1 aliphatic rings. The first-order chi connectivity index (χ1) is 8.09. The van der Waals surface area contributed by atoms with Crippen molar-refractivity contribution in [3.05, 3.63) is 35.4 Å². The van der Waals surface area contributed by atoms with E-state index < -0.39 is 0 Å². The number of carbonyl (C=O) groups is 1. The quantitative estimate of drug-likeness (QED) is 0.863. The van der Waals surface area contributed by atoms with Crippen LogP contribution in [0.4, 0.5) is 0 Å². The van der Waals surface area contributed by atoms with Gasteiger partial charge in [0.25, 0.3) is 5.91 Å². The Morgan fingerprint density at radius 2 is 1.88 bits per heavy atom. The van der Waals surface area contributed by atoms with E-state index >= 15 is 0 Å². The Morgan fingerprint density at radius 1 is 1.29 bits per heavy atom. The molecule has 1 saturated carbocycles. The van der Waals surface area contributed by atoms with Gasteiger partial charge in [-0.1, -0.05) is 18.6 Å². The number of nitrogens with two attached hydrogens (primary N) is 1. The highest BCUT2D eigenvalue weighted by atomic mass is 16.2. The van der Waals surface area contributed by atoms with Crippen molar-refractivity contribution in [3.63, 3.8) is 0 Å². The van der Waals surface area contributed by atoms with Crippen molar-refractivity contribution in [2.24, 2.45) is 5.73 Å². The molecule has 0 atom stereocenters. The summed E-state index contributed by atoms with van der Waals surface area (Å²) in [7, 11) is 3.53. The standard InChI is InChI=1S/C14H20N2O/c1-16(2)13(17)11-4-6-12(7-5-11)14(10-15)8-3-9-14/h4-7H,3,8-10,15H2,1-2H3. The van der Waals surface area contributed by atoms with Gasteiger partial charge in [0.05, 0.1) is 0 Å². The highest BCUT2D eigenvalue weighted by Gasteiger charge is 2.37. The fourth-order valence-corrected chi connectivity index (χ4v) is 2.44. The Bertz CT molecular complexity index is 399. The van der Waals surface area contributed by atoms with E-state index in [1.807, 2.05) is 12.1 Å². The van der Waals surface area contributed by atoms with Crippen LogP contribution in [0.25, 0.3) is 0 Å². The molecule has 0 aromatic heterocycles. The van der Waals surface area contributed by atoms with Crippen LogP contribution in [0.3, 0.4) is 0 Å². The van der Waals surface area contributed by atoms with Crippen molar-refractivity contribution in [2.45, 2.75) is 24.7 Å². The van der Waals surface area contributed by atoms with Gasteiger partial charge >= 0.3 is 0 Å². The summed E-state index contributed by atoms with van der Waals surface area (Å²) in [6.45, 7) is 0.702. The van der Waals surface area contributed by atoms with Crippen LogP contribution >= 0.6 is 0 Å². The van der Waals surface area contributed by atoms with Crippen LogP contribution in [0.5, 0.6) is 0 Å². The van der Waals surface area contributed by atoms with E-state index in [1.54, 1.807) is 19.0 Å². The molecule has 0 heterocycles. The second kappa shape index (κ2) is 4.49. The third kappa shape index (κ3) is 2.07. The van der Waals surface area contributed by atoms with Crippen LogP contribution in [0.1, 0.15) is 35.2 Å². The lowest BCUT2D eigenvalue weighted by Gasteiger charge is -2.41. The lowest BCUT2D eigenvalue weighted by atomic mass is 9.64. The van der Waals surface area contributed by atoms with E-state index in [2.05, 4.69) is 12.1 Å². The first kappa shape index (κ1) is 12.1. The number of nitrogens with zero attached hydrogens (tertiary/aromatic N) is 1. The number of rotatable bonds is 3. The SMILES string of the molecule is CN(C)C(=O)c1ccc(C2(CN)CCC2)cc1. The van der Waals surface area contributed by atoms with Crippen molar-refractivity contribution in [3.8, 4) is 0 Å². The van der Waals surface area contributed by atoms with Gasteiger partial charge in [-0.2, -0.15) is 0 Å². The number of hydrogen-bond acceptors (Lipinski definition) is 2. The minimum Gasteiger partial charge on any atom is -0.345 e. The van der Waals surface area contributed by atoms with Gasteiger partial charge in [0.15, 0.2) is 0 Å². The molecular weight excluding hydrogens is 212 g/mol. The molecule has 1 aromatic carbocycles. The molecule has 1 fully saturated rings. The van der Waals surface area contributed by atoms with Crippen molar-refractivity contribution < 1.29 is 4.79 Å². The monoisotopic (exact) mass is 232 g/mol. The molecule has 0 unspecified atom stereocenters. The Balaban J connectivity index is 2.21. The van der Waals surface area contributed by atoms with E-state index in [0.717, 1.165) is 5.56 Å². The van der Waals surface area contributed by atoms with Crippen LogP contribution in [0.2, 0.25) is 0 Å². The fraction of sp³-hybridized carbons (Fsp3) is 0.500. The van der Waals surface area contributed by atoms with Crippen LogP contribution in [-0.4, -0.2) is 31.4 Å². The first-order valence-electron chi connectivity index (χ1n) is 6.11. The zero-order valence-corrected chi connectivity index (χ0v) is 10.6. The van der Waals surface area contributed by atoms with Crippen molar-refractivity contribution >= 4 is 5.91 Å². The van der Waals surface area contributed by atoms with Crippen LogP contribution < -0.4 is 5.73 Å². The highest BCUT2D eigenvalue weighted by molar-refractivity contribution is 5.93. The molecule has 2 rings (SSSR count). The molecule has 1 aromatic rings. The van der Waals surface area contributed by atoms with Gasteiger partial charge in [0, 0.05) is 31.6 Å². The minimum atomic E-state index is 0.0481. The average molecular weight is 232 g/mol. The van der Waals surface area contributed by atoms with Crippen LogP contribution in [-0.2, 0) is 5.41 Å². The maximum atomic E-state index is 11.8. The molecular formula is C14H20N2O. The van der Waals surface area contributed by atoms with Gasteiger partial charge in [-0.25, -0.2) is 0 Å². The minimum absolute atomic E-state index is 0.0481. The smallest absolute Gasteiger partial charge is 0.253 e. The largest absolute Gasteiger partial charge is 0.345 e. The zero-order valence-electron chi connectivity index (χ0n) is 10.6. The lowest BCUT2D eigenvalue weighted by Crippen LogP contribution is -2.41. The highest BCUT2D eigenvalue weighted by Crippen LogP contribution is 2.42. The molecule has 0 spiro atoms. The lowest BCUT2D eigenvalue weighted by molar-refractivity contribution is 0.0827. The van der Waals surface area contributed by atoms with Gasteiger partial charge < -0.3 is 10.6 Å². The van der Waals surface area contributed by atoms with Gasteiger partial charge in [-0.05, 0) is 30.5 Å².